The van der Waals surface area contributed by atoms with E-state index in [1.807, 2.05) is 20.3 Å². The van der Waals surface area contributed by atoms with Crippen LogP contribution in [0.2, 0.25) is 0 Å². The molecule has 2 saturated carbocycles. The van der Waals surface area contributed by atoms with Crippen molar-refractivity contribution in [2.75, 3.05) is 7.05 Å². The summed E-state index contributed by atoms with van der Waals surface area (Å²) in [7, 11) is 3.70. The highest BCUT2D eigenvalue weighted by atomic mass is 35.5. The van der Waals surface area contributed by atoms with Crippen LogP contribution in [0, 0.1) is 11.8 Å². The minimum absolute atomic E-state index is 0. The van der Waals surface area contributed by atoms with Crippen molar-refractivity contribution in [2.24, 2.45) is 18.9 Å². The number of carbonyl (C=O) groups excluding carboxylic acids is 1. The second-order valence-corrected chi connectivity index (χ2v) is 6.64. The first-order valence-electron chi connectivity index (χ1n) is 8.13. The van der Waals surface area contributed by atoms with Gasteiger partial charge in [0.2, 0.25) is 5.91 Å². The predicted octanol–water partition coefficient (Wildman–Crippen LogP) is 2.19. The Morgan fingerprint density at radius 1 is 1.32 bits per heavy atom. The van der Waals surface area contributed by atoms with Gasteiger partial charge in [-0.25, -0.2) is 0 Å². The van der Waals surface area contributed by atoms with E-state index in [4.69, 9.17) is 0 Å². The maximum atomic E-state index is 12.5. The fourth-order valence-electron chi connectivity index (χ4n) is 4.16. The summed E-state index contributed by atoms with van der Waals surface area (Å²) in [5.41, 5.74) is 0.923. The van der Waals surface area contributed by atoms with Gasteiger partial charge in [-0.3, -0.25) is 9.48 Å². The lowest BCUT2D eigenvalue weighted by Gasteiger charge is -2.33. The standard InChI is InChI=1S/C16H26N4O.ClH/c1-17-15(13-9-18-20(2)10-13)16(21)19-14-7-6-11-4-3-5-12(11)8-14;/h9-12,14-15,17H,3-8H2,1-2H3,(H,19,21);1H. The summed E-state index contributed by atoms with van der Waals surface area (Å²) in [5.74, 6) is 1.85. The fourth-order valence-corrected chi connectivity index (χ4v) is 4.16. The van der Waals surface area contributed by atoms with Gasteiger partial charge < -0.3 is 10.6 Å². The number of nitrogens with zero attached hydrogens (tertiary/aromatic N) is 2. The Bertz CT molecular complexity index is 504. The fraction of sp³-hybridized carbons (Fsp3) is 0.750. The third-order valence-electron chi connectivity index (χ3n) is 5.25. The highest BCUT2D eigenvalue weighted by molar-refractivity contribution is 5.85. The molecule has 4 unspecified atom stereocenters. The van der Waals surface area contributed by atoms with E-state index in [1.54, 1.807) is 10.9 Å². The molecule has 1 heterocycles. The normalized spacial score (nSPS) is 28.5. The van der Waals surface area contributed by atoms with Crippen molar-refractivity contribution in [3.8, 4) is 0 Å². The molecule has 0 spiro atoms. The third kappa shape index (κ3) is 3.63. The molecule has 22 heavy (non-hydrogen) atoms. The topological polar surface area (TPSA) is 59.0 Å². The van der Waals surface area contributed by atoms with Crippen LogP contribution >= 0.6 is 12.4 Å². The monoisotopic (exact) mass is 326 g/mol. The number of carbonyl (C=O) groups is 1. The smallest absolute Gasteiger partial charge is 0.242 e. The van der Waals surface area contributed by atoms with Crippen molar-refractivity contribution in [2.45, 2.75) is 50.6 Å². The van der Waals surface area contributed by atoms with Gasteiger partial charge >= 0.3 is 0 Å². The Kier molecular flexibility index (Phi) is 5.87. The zero-order valence-electron chi connectivity index (χ0n) is 13.4. The van der Waals surface area contributed by atoms with E-state index >= 15 is 0 Å². The second-order valence-electron chi connectivity index (χ2n) is 6.64. The van der Waals surface area contributed by atoms with Gasteiger partial charge in [0, 0.05) is 24.8 Å². The largest absolute Gasteiger partial charge is 0.352 e. The zero-order valence-corrected chi connectivity index (χ0v) is 14.2. The predicted molar refractivity (Wildman–Crippen MR) is 88.9 cm³/mol. The second kappa shape index (κ2) is 7.47. The van der Waals surface area contributed by atoms with Gasteiger partial charge in [-0.15, -0.1) is 12.4 Å². The average molecular weight is 327 g/mol. The number of halogens is 1. The summed E-state index contributed by atoms with van der Waals surface area (Å²) in [5, 5.41) is 10.5. The highest BCUT2D eigenvalue weighted by Crippen LogP contribution is 2.42. The van der Waals surface area contributed by atoms with Gasteiger partial charge in [0.25, 0.3) is 0 Å². The quantitative estimate of drug-likeness (QED) is 0.891. The van der Waals surface area contributed by atoms with Gasteiger partial charge in [-0.05, 0) is 38.1 Å². The van der Waals surface area contributed by atoms with Crippen LogP contribution in [0.5, 0.6) is 0 Å². The van der Waals surface area contributed by atoms with Crippen LogP contribution in [0.1, 0.15) is 50.1 Å². The lowest BCUT2D eigenvalue weighted by Crippen LogP contribution is -2.44. The van der Waals surface area contributed by atoms with Crippen molar-refractivity contribution in [1.29, 1.82) is 0 Å². The Morgan fingerprint density at radius 2 is 2.09 bits per heavy atom. The molecular weight excluding hydrogens is 300 g/mol. The number of rotatable bonds is 4. The number of nitrogens with one attached hydrogen (secondary N) is 2. The molecule has 2 aliphatic rings. The van der Waals surface area contributed by atoms with Gasteiger partial charge in [-0.2, -0.15) is 5.10 Å². The van der Waals surface area contributed by atoms with E-state index in [2.05, 4.69) is 15.7 Å². The molecule has 3 rings (SSSR count). The number of fused-ring (bicyclic) bond motifs is 1. The van der Waals surface area contributed by atoms with Crippen LogP contribution in [0.3, 0.4) is 0 Å². The Hall–Kier alpha value is -1.07. The third-order valence-corrected chi connectivity index (χ3v) is 5.25. The number of aromatic nitrogens is 2. The lowest BCUT2D eigenvalue weighted by atomic mass is 9.79. The van der Waals surface area contributed by atoms with E-state index in [0.717, 1.165) is 23.8 Å². The SMILES string of the molecule is CNC(C(=O)NC1CCC2CCCC2C1)c1cnn(C)c1.Cl. The maximum absolute atomic E-state index is 12.5. The van der Waals surface area contributed by atoms with Crippen molar-refractivity contribution < 1.29 is 4.79 Å². The highest BCUT2D eigenvalue weighted by Gasteiger charge is 2.35. The van der Waals surface area contributed by atoms with Crippen LogP contribution in [-0.4, -0.2) is 28.8 Å². The molecule has 1 amide bonds. The Balaban J connectivity index is 0.00000176. The molecule has 2 aliphatic carbocycles. The van der Waals surface area contributed by atoms with E-state index in [-0.39, 0.29) is 24.4 Å². The molecule has 6 heteroatoms. The van der Waals surface area contributed by atoms with Gasteiger partial charge in [0.15, 0.2) is 0 Å². The van der Waals surface area contributed by atoms with Crippen molar-refractivity contribution in [1.82, 2.24) is 20.4 Å². The van der Waals surface area contributed by atoms with E-state index in [0.29, 0.717) is 6.04 Å². The van der Waals surface area contributed by atoms with Crippen molar-refractivity contribution >= 4 is 18.3 Å². The number of likely N-dealkylation sites (N-methyl/N-ethyl adjacent to an activating group) is 1. The lowest BCUT2D eigenvalue weighted by molar-refractivity contribution is -0.124. The Labute approximate surface area is 138 Å². The van der Waals surface area contributed by atoms with Crippen LogP contribution in [0.25, 0.3) is 0 Å². The summed E-state index contributed by atoms with van der Waals surface area (Å²) < 4.78 is 1.73. The molecule has 1 aromatic rings. The van der Waals surface area contributed by atoms with E-state index in [1.165, 1.54) is 32.1 Å². The van der Waals surface area contributed by atoms with Crippen molar-refractivity contribution in [3.05, 3.63) is 18.0 Å². The van der Waals surface area contributed by atoms with Crippen LogP contribution in [-0.2, 0) is 11.8 Å². The molecule has 4 atom stereocenters. The summed E-state index contributed by atoms with van der Waals surface area (Å²) in [4.78, 5) is 12.5. The molecule has 0 aliphatic heterocycles. The van der Waals surface area contributed by atoms with Gasteiger partial charge in [0.05, 0.1) is 6.20 Å². The maximum Gasteiger partial charge on any atom is 0.242 e. The Morgan fingerprint density at radius 3 is 2.77 bits per heavy atom. The molecule has 124 valence electrons. The summed E-state index contributed by atoms with van der Waals surface area (Å²) in [6, 6.07) is 0.0457. The molecule has 0 aromatic carbocycles. The zero-order chi connectivity index (χ0) is 14.8. The van der Waals surface area contributed by atoms with E-state index < -0.39 is 0 Å². The first-order valence-corrected chi connectivity index (χ1v) is 8.13. The molecule has 5 nitrogen and oxygen atoms in total. The summed E-state index contributed by atoms with van der Waals surface area (Å²) >= 11 is 0. The molecule has 2 fully saturated rings. The minimum atomic E-state index is -0.306. The minimum Gasteiger partial charge on any atom is -0.352 e. The van der Waals surface area contributed by atoms with Gasteiger partial charge in [0.1, 0.15) is 6.04 Å². The average Bonchev–Trinajstić information content (AvgIpc) is 3.08. The van der Waals surface area contributed by atoms with Crippen LogP contribution in [0.4, 0.5) is 0 Å². The summed E-state index contributed by atoms with van der Waals surface area (Å²) in [6.45, 7) is 0. The number of hydrogen-bond donors (Lipinski definition) is 2. The number of amides is 1. The number of aryl methyl sites for hydroxylation is 1. The molecule has 2 N–H and O–H groups in total. The van der Waals surface area contributed by atoms with Crippen LogP contribution < -0.4 is 10.6 Å². The first-order chi connectivity index (χ1) is 10.2. The molecule has 0 radical (unpaired) electrons. The molecular formula is C16H27ClN4O. The first kappa shape index (κ1) is 17.3. The van der Waals surface area contributed by atoms with E-state index in [9.17, 15) is 4.79 Å². The van der Waals surface area contributed by atoms with Gasteiger partial charge in [-0.1, -0.05) is 19.3 Å². The number of hydrogen-bond acceptors (Lipinski definition) is 3. The molecule has 0 bridgehead atoms. The van der Waals surface area contributed by atoms with Crippen LogP contribution in [0.15, 0.2) is 12.4 Å². The molecule has 1 aromatic heterocycles. The molecule has 0 saturated heterocycles. The summed E-state index contributed by atoms with van der Waals surface area (Å²) in [6.07, 6.45) is 11.4. The van der Waals surface area contributed by atoms with Crippen molar-refractivity contribution in [3.63, 3.8) is 0 Å².